The van der Waals surface area contributed by atoms with Gasteiger partial charge < -0.3 is 10.6 Å². The summed E-state index contributed by atoms with van der Waals surface area (Å²) in [7, 11) is 0. The molecule has 0 aromatic heterocycles. The van der Waals surface area contributed by atoms with Gasteiger partial charge in [0.05, 0.1) is 0 Å². The molecular formula is C15H26N2. The largest absolute Gasteiger partial charge is 0.323 e. The van der Waals surface area contributed by atoms with Crippen LogP contribution in [0.15, 0.2) is 30.3 Å². The molecule has 0 bridgehead atoms. The maximum absolute atomic E-state index is 6.40. The van der Waals surface area contributed by atoms with Gasteiger partial charge in [-0.25, -0.2) is 0 Å². The number of benzene rings is 1. The van der Waals surface area contributed by atoms with E-state index in [2.05, 4.69) is 56.9 Å². The first kappa shape index (κ1) is 14.2. The fourth-order valence-electron chi connectivity index (χ4n) is 2.23. The molecule has 2 nitrogen and oxygen atoms in total. The minimum atomic E-state index is 0.0873. The van der Waals surface area contributed by atoms with Gasteiger partial charge in [-0.05, 0) is 24.1 Å². The second-order valence-corrected chi connectivity index (χ2v) is 5.34. The van der Waals surface area contributed by atoms with Crippen molar-refractivity contribution in [3.8, 4) is 0 Å². The second-order valence-electron chi connectivity index (χ2n) is 5.34. The van der Waals surface area contributed by atoms with Gasteiger partial charge in [0.25, 0.3) is 0 Å². The average molecular weight is 234 g/mol. The summed E-state index contributed by atoms with van der Waals surface area (Å²) in [4.78, 5) is 2.43. The van der Waals surface area contributed by atoms with Crippen LogP contribution in [-0.4, -0.2) is 24.5 Å². The van der Waals surface area contributed by atoms with Gasteiger partial charge in [0.2, 0.25) is 0 Å². The predicted octanol–water partition coefficient (Wildman–Crippen LogP) is 3.05. The van der Waals surface area contributed by atoms with Gasteiger partial charge in [0, 0.05) is 12.6 Å². The Hall–Kier alpha value is -0.860. The van der Waals surface area contributed by atoms with Gasteiger partial charge in [0.15, 0.2) is 0 Å². The molecule has 1 atom stereocenters. The summed E-state index contributed by atoms with van der Waals surface area (Å²) in [6, 6.07) is 10.5. The van der Waals surface area contributed by atoms with E-state index in [4.69, 9.17) is 5.73 Å². The maximum atomic E-state index is 6.40. The van der Waals surface area contributed by atoms with Crippen LogP contribution in [0, 0.1) is 5.41 Å². The molecule has 0 aliphatic carbocycles. The lowest BCUT2D eigenvalue weighted by atomic mass is 9.80. The normalized spacial score (nSPS) is 14.0. The number of nitrogens with zero attached hydrogens (tertiary/aromatic N) is 1. The molecule has 0 saturated heterocycles. The molecule has 0 fully saturated rings. The van der Waals surface area contributed by atoms with Crippen LogP contribution in [-0.2, 0) is 0 Å². The summed E-state index contributed by atoms with van der Waals surface area (Å²) in [6.45, 7) is 12.1. The van der Waals surface area contributed by atoms with Crippen molar-refractivity contribution in [2.75, 3.05) is 19.6 Å². The van der Waals surface area contributed by atoms with E-state index in [1.165, 1.54) is 5.56 Å². The first-order valence-electron chi connectivity index (χ1n) is 6.54. The maximum Gasteiger partial charge on any atom is 0.0359 e. The van der Waals surface area contributed by atoms with Crippen LogP contribution >= 0.6 is 0 Å². The van der Waals surface area contributed by atoms with E-state index in [9.17, 15) is 0 Å². The number of rotatable bonds is 6. The Labute approximate surface area is 106 Å². The smallest absolute Gasteiger partial charge is 0.0359 e. The van der Waals surface area contributed by atoms with Crippen molar-refractivity contribution in [2.45, 2.75) is 33.7 Å². The molecule has 0 aliphatic heterocycles. The van der Waals surface area contributed by atoms with E-state index >= 15 is 0 Å². The minimum absolute atomic E-state index is 0.0873. The third-order valence-corrected chi connectivity index (χ3v) is 3.53. The molecule has 17 heavy (non-hydrogen) atoms. The van der Waals surface area contributed by atoms with Crippen molar-refractivity contribution >= 4 is 0 Å². The minimum Gasteiger partial charge on any atom is -0.323 e. The van der Waals surface area contributed by atoms with Crippen LogP contribution in [0.5, 0.6) is 0 Å². The van der Waals surface area contributed by atoms with Gasteiger partial charge in [0.1, 0.15) is 0 Å². The van der Waals surface area contributed by atoms with Gasteiger partial charge in [-0.2, -0.15) is 0 Å². The molecular weight excluding hydrogens is 208 g/mol. The highest BCUT2D eigenvalue weighted by Crippen LogP contribution is 2.31. The highest BCUT2D eigenvalue weighted by Gasteiger charge is 2.29. The van der Waals surface area contributed by atoms with E-state index < -0.39 is 0 Å². The third kappa shape index (κ3) is 3.83. The Bertz CT molecular complexity index is 315. The molecule has 1 aromatic rings. The lowest BCUT2D eigenvalue weighted by Gasteiger charge is -2.36. The summed E-state index contributed by atoms with van der Waals surface area (Å²) >= 11 is 0. The van der Waals surface area contributed by atoms with Crippen LogP contribution in [0.1, 0.15) is 39.3 Å². The highest BCUT2D eigenvalue weighted by atomic mass is 15.1. The van der Waals surface area contributed by atoms with Gasteiger partial charge in [-0.1, -0.05) is 58.0 Å². The zero-order valence-electron chi connectivity index (χ0n) is 11.6. The summed E-state index contributed by atoms with van der Waals surface area (Å²) in [6.07, 6.45) is 0. The quantitative estimate of drug-likeness (QED) is 0.819. The first-order valence-corrected chi connectivity index (χ1v) is 6.54. The summed E-state index contributed by atoms with van der Waals surface area (Å²) < 4.78 is 0. The number of nitrogens with two attached hydrogens (primary N) is 1. The molecule has 0 heterocycles. The molecule has 1 rings (SSSR count). The van der Waals surface area contributed by atoms with Crippen LogP contribution < -0.4 is 5.73 Å². The van der Waals surface area contributed by atoms with Crippen LogP contribution in [0.3, 0.4) is 0 Å². The molecule has 1 unspecified atom stereocenters. The molecule has 0 aliphatic rings. The fraction of sp³-hybridized carbons (Fsp3) is 0.600. The summed E-state index contributed by atoms with van der Waals surface area (Å²) in [5.74, 6) is 0. The topological polar surface area (TPSA) is 29.3 Å². The molecule has 2 heteroatoms. The standard InChI is InChI=1S/C15H26N2/c1-5-17(6-2)12-15(3,4)14(16)13-10-8-7-9-11-13/h7-11,14H,5-6,12,16H2,1-4H3. The molecule has 0 amide bonds. The summed E-state index contributed by atoms with van der Waals surface area (Å²) in [5, 5.41) is 0. The molecule has 0 saturated carbocycles. The predicted molar refractivity (Wildman–Crippen MR) is 74.9 cm³/mol. The fourth-order valence-corrected chi connectivity index (χ4v) is 2.23. The molecule has 96 valence electrons. The molecule has 1 aromatic carbocycles. The Morgan fingerprint density at radius 2 is 1.65 bits per heavy atom. The monoisotopic (exact) mass is 234 g/mol. The zero-order chi connectivity index (χ0) is 12.9. The molecule has 0 spiro atoms. The number of hydrogen-bond acceptors (Lipinski definition) is 2. The van der Waals surface area contributed by atoms with Crippen molar-refractivity contribution in [3.05, 3.63) is 35.9 Å². The highest BCUT2D eigenvalue weighted by molar-refractivity contribution is 5.20. The Kier molecular flexibility index (Phi) is 5.16. The van der Waals surface area contributed by atoms with Crippen LogP contribution in [0.2, 0.25) is 0 Å². The van der Waals surface area contributed by atoms with Gasteiger partial charge >= 0.3 is 0 Å². The lowest BCUT2D eigenvalue weighted by molar-refractivity contribution is 0.163. The Morgan fingerprint density at radius 1 is 1.12 bits per heavy atom. The molecule has 2 N–H and O–H groups in total. The van der Waals surface area contributed by atoms with Crippen molar-refractivity contribution in [2.24, 2.45) is 11.1 Å². The first-order chi connectivity index (χ1) is 8.01. The third-order valence-electron chi connectivity index (χ3n) is 3.53. The van der Waals surface area contributed by atoms with Gasteiger partial charge in [-0.3, -0.25) is 0 Å². The summed E-state index contributed by atoms with van der Waals surface area (Å²) in [5.41, 5.74) is 7.72. The number of hydrogen-bond donors (Lipinski definition) is 1. The van der Waals surface area contributed by atoms with Crippen molar-refractivity contribution in [1.29, 1.82) is 0 Å². The van der Waals surface area contributed by atoms with Crippen LogP contribution in [0.4, 0.5) is 0 Å². The van der Waals surface area contributed by atoms with Crippen molar-refractivity contribution in [1.82, 2.24) is 4.90 Å². The average Bonchev–Trinajstić information content (AvgIpc) is 2.36. The Morgan fingerprint density at radius 3 is 2.12 bits per heavy atom. The zero-order valence-corrected chi connectivity index (χ0v) is 11.6. The Balaban J connectivity index is 2.76. The van der Waals surface area contributed by atoms with Gasteiger partial charge in [-0.15, -0.1) is 0 Å². The SMILES string of the molecule is CCN(CC)CC(C)(C)C(N)c1ccccc1. The van der Waals surface area contributed by atoms with Crippen molar-refractivity contribution < 1.29 is 0 Å². The molecule has 0 radical (unpaired) electrons. The lowest BCUT2D eigenvalue weighted by Crippen LogP contribution is -2.40. The van der Waals surface area contributed by atoms with E-state index in [0.29, 0.717) is 0 Å². The van der Waals surface area contributed by atoms with E-state index in [-0.39, 0.29) is 11.5 Å². The van der Waals surface area contributed by atoms with E-state index in [1.807, 2.05) is 6.07 Å². The van der Waals surface area contributed by atoms with E-state index in [0.717, 1.165) is 19.6 Å². The van der Waals surface area contributed by atoms with Crippen molar-refractivity contribution in [3.63, 3.8) is 0 Å². The second kappa shape index (κ2) is 6.18. The van der Waals surface area contributed by atoms with Crippen LogP contribution in [0.25, 0.3) is 0 Å². The van der Waals surface area contributed by atoms with E-state index in [1.54, 1.807) is 0 Å².